The van der Waals surface area contributed by atoms with Gasteiger partial charge in [-0.05, 0) is 49.6 Å². The second-order valence-corrected chi connectivity index (χ2v) is 8.55. The SMILES string of the molecule is CCn1nc(C)cc1C(=O)N(Cc1ccccn1)c1nc2c(C(C)C)cccc2s1. The van der Waals surface area contributed by atoms with Crippen LogP contribution in [0.2, 0.25) is 0 Å². The smallest absolute Gasteiger partial charge is 0.277 e. The maximum Gasteiger partial charge on any atom is 0.278 e. The number of anilines is 1. The van der Waals surface area contributed by atoms with Gasteiger partial charge in [-0.2, -0.15) is 5.10 Å². The summed E-state index contributed by atoms with van der Waals surface area (Å²) >= 11 is 1.54. The molecular weight excluding hydrogens is 394 g/mol. The number of hydrogen-bond donors (Lipinski definition) is 0. The molecule has 0 atom stereocenters. The first kappa shape index (κ1) is 20.2. The number of pyridine rings is 1. The Morgan fingerprint density at radius 3 is 2.73 bits per heavy atom. The normalized spacial score (nSPS) is 11.4. The summed E-state index contributed by atoms with van der Waals surface area (Å²) in [5.41, 5.74) is 4.35. The van der Waals surface area contributed by atoms with Crippen LogP contribution in [0.1, 0.15) is 54.1 Å². The number of amides is 1. The molecule has 4 rings (SSSR count). The molecule has 3 heterocycles. The maximum atomic E-state index is 13.6. The number of rotatable bonds is 6. The van der Waals surface area contributed by atoms with Gasteiger partial charge < -0.3 is 0 Å². The molecule has 0 aliphatic rings. The van der Waals surface area contributed by atoms with Gasteiger partial charge in [0.1, 0.15) is 5.69 Å². The Morgan fingerprint density at radius 1 is 1.20 bits per heavy atom. The second kappa shape index (κ2) is 8.36. The average molecular weight is 420 g/mol. The highest BCUT2D eigenvalue weighted by Gasteiger charge is 2.26. The lowest BCUT2D eigenvalue weighted by molar-refractivity contribution is 0.0974. The van der Waals surface area contributed by atoms with Crippen molar-refractivity contribution < 1.29 is 4.79 Å². The van der Waals surface area contributed by atoms with Gasteiger partial charge >= 0.3 is 0 Å². The van der Waals surface area contributed by atoms with Gasteiger partial charge in [0.2, 0.25) is 0 Å². The van der Waals surface area contributed by atoms with Crippen molar-refractivity contribution in [2.24, 2.45) is 0 Å². The third-order valence-corrected chi connectivity index (χ3v) is 6.05. The predicted molar refractivity (Wildman–Crippen MR) is 121 cm³/mol. The van der Waals surface area contributed by atoms with Crippen molar-refractivity contribution in [1.29, 1.82) is 0 Å². The first-order valence-corrected chi connectivity index (χ1v) is 10.9. The van der Waals surface area contributed by atoms with Crippen LogP contribution >= 0.6 is 11.3 Å². The Balaban J connectivity index is 1.82. The van der Waals surface area contributed by atoms with Gasteiger partial charge in [-0.3, -0.25) is 19.4 Å². The lowest BCUT2D eigenvalue weighted by Crippen LogP contribution is -2.32. The van der Waals surface area contributed by atoms with E-state index in [1.165, 1.54) is 16.9 Å². The summed E-state index contributed by atoms with van der Waals surface area (Å²) in [4.78, 5) is 24.7. The Hall–Kier alpha value is -3.06. The van der Waals surface area contributed by atoms with Crippen LogP contribution in [0.25, 0.3) is 10.2 Å². The van der Waals surface area contributed by atoms with E-state index in [0.717, 1.165) is 21.6 Å². The molecule has 0 N–H and O–H groups in total. The molecule has 0 saturated heterocycles. The summed E-state index contributed by atoms with van der Waals surface area (Å²) in [6.45, 7) is 9.19. The highest BCUT2D eigenvalue weighted by atomic mass is 32.1. The van der Waals surface area contributed by atoms with E-state index in [2.05, 4.69) is 42.1 Å². The summed E-state index contributed by atoms with van der Waals surface area (Å²) in [5.74, 6) is 0.237. The van der Waals surface area contributed by atoms with E-state index in [0.29, 0.717) is 29.8 Å². The lowest BCUT2D eigenvalue weighted by atomic mass is 10.0. The van der Waals surface area contributed by atoms with Crippen LogP contribution in [-0.4, -0.2) is 25.7 Å². The Labute approximate surface area is 180 Å². The molecule has 1 aromatic carbocycles. The molecule has 154 valence electrons. The number of thiazole rings is 1. The maximum absolute atomic E-state index is 13.6. The molecule has 0 fully saturated rings. The van der Waals surface area contributed by atoms with Gasteiger partial charge in [-0.15, -0.1) is 0 Å². The van der Waals surface area contributed by atoms with Crippen molar-refractivity contribution in [3.8, 4) is 0 Å². The van der Waals surface area contributed by atoms with E-state index in [-0.39, 0.29) is 5.91 Å². The van der Waals surface area contributed by atoms with Crippen molar-refractivity contribution >= 4 is 32.6 Å². The number of carbonyl (C=O) groups excluding carboxylic acids is 1. The zero-order valence-corrected chi connectivity index (χ0v) is 18.5. The van der Waals surface area contributed by atoms with Gasteiger partial charge in [0.15, 0.2) is 5.13 Å². The van der Waals surface area contributed by atoms with Crippen molar-refractivity contribution in [1.82, 2.24) is 19.7 Å². The minimum Gasteiger partial charge on any atom is -0.277 e. The molecule has 4 aromatic rings. The molecule has 3 aromatic heterocycles. The van der Waals surface area contributed by atoms with Crippen LogP contribution in [0.5, 0.6) is 0 Å². The van der Waals surface area contributed by atoms with Crippen LogP contribution in [0.15, 0.2) is 48.7 Å². The Morgan fingerprint density at radius 2 is 2.03 bits per heavy atom. The number of hydrogen-bond acceptors (Lipinski definition) is 5. The number of carbonyl (C=O) groups is 1. The van der Waals surface area contributed by atoms with Gasteiger partial charge in [0, 0.05) is 12.7 Å². The molecule has 30 heavy (non-hydrogen) atoms. The van der Waals surface area contributed by atoms with Crippen molar-refractivity contribution in [3.05, 3.63) is 71.3 Å². The van der Waals surface area contributed by atoms with Gasteiger partial charge in [-0.1, -0.05) is 43.4 Å². The highest BCUT2D eigenvalue weighted by Crippen LogP contribution is 2.34. The second-order valence-electron chi connectivity index (χ2n) is 7.54. The van der Waals surface area contributed by atoms with E-state index in [9.17, 15) is 4.79 Å². The number of aryl methyl sites for hydroxylation is 2. The summed E-state index contributed by atoms with van der Waals surface area (Å²) in [6.07, 6.45) is 1.74. The fourth-order valence-electron chi connectivity index (χ4n) is 3.52. The number of para-hydroxylation sites is 1. The number of nitrogens with zero attached hydrogens (tertiary/aromatic N) is 5. The Kier molecular flexibility index (Phi) is 5.63. The summed E-state index contributed by atoms with van der Waals surface area (Å²) < 4.78 is 2.82. The minimum atomic E-state index is -0.117. The fourth-order valence-corrected chi connectivity index (χ4v) is 4.51. The third kappa shape index (κ3) is 3.85. The first-order chi connectivity index (χ1) is 14.5. The monoisotopic (exact) mass is 419 g/mol. The molecule has 0 saturated carbocycles. The number of benzene rings is 1. The first-order valence-electron chi connectivity index (χ1n) is 10.1. The van der Waals surface area contributed by atoms with E-state index in [4.69, 9.17) is 4.98 Å². The van der Waals surface area contributed by atoms with Gasteiger partial charge in [0.05, 0.1) is 28.1 Å². The Bertz CT molecular complexity index is 1180. The van der Waals surface area contributed by atoms with Crippen LogP contribution in [0.4, 0.5) is 5.13 Å². The molecule has 1 amide bonds. The standard InChI is InChI=1S/C23H25N5OS/c1-5-28-19(13-16(4)26-28)22(29)27(14-17-9-6-7-12-24-17)23-25-21-18(15(2)3)10-8-11-20(21)30-23/h6-13,15H,5,14H2,1-4H3. The fraction of sp³-hybridized carbons (Fsp3) is 0.304. The van der Waals surface area contributed by atoms with Crippen LogP contribution in [0.3, 0.4) is 0 Å². The molecular formula is C23H25N5OS. The van der Waals surface area contributed by atoms with Crippen LogP contribution in [0, 0.1) is 6.92 Å². The molecule has 0 radical (unpaired) electrons. The van der Waals surface area contributed by atoms with E-state index < -0.39 is 0 Å². The zero-order chi connectivity index (χ0) is 21.3. The minimum absolute atomic E-state index is 0.117. The molecule has 7 heteroatoms. The van der Waals surface area contributed by atoms with Crippen LogP contribution < -0.4 is 4.90 Å². The van der Waals surface area contributed by atoms with Crippen molar-refractivity contribution in [2.45, 2.75) is 46.7 Å². The lowest BCUT2D eigenvalue weighted by Gasteiger charge is -2.20. The van der Waals surface area contributed by atoms with Crippen molar-refractivity contribution in [2.75, 3.05) is 4.90 Å². The molecule has 0 unspecified atom stereocenters. The molecule has 0 spiro atoms. The quantitative estimate of drug-likeness (QED) is 0.432. The third-order valence-electron chi connectivity index (χ3n) is 5.00. The molecule has 0 aliphatic heterocycles. The highest BCUT2D eigenvalue weighted by molar-refractivity contribution is 7.22. The molecule has 6 nitrogen and oxygen atoms in total. The summed E-state index contributed by atoms with van der Waals surface area (Å²) in [7, 11) is 0. The molecule has 0 aliphatic carbocycles. The van der Waals surface area contributed by atoms with Gasteiger partial charge in [0.25, 0.3) is 5.91 Å². The van der Waals surface area contributed by atoms with Crippen LogP contribution in [-0.2, 0) is 13.1 Å². The van der Waals surface area contributed by atoms with Crippen molar-refractivity contribution in [3.63, 3.8) is 0 Å². The zero-order valence-electron chi connectivity index (χ0n) is 17.7. The van der Waals surface area contributed by atoms with E-state index in [1.54, 1.807) is 15.8 Å². The van der Waals surface area contributed by atoms with Gasteiger partial charge in [-0.25, -0.2) is 4.98 Å². The largest absolute Gasteiger partial charge is 0.278 e. The van der Waals surface area contributed by atoms with E-state index >= 15 is 0 Å². The summed E-state index contributed by atoms with van der Waals surface area (Å²) in [6, 6.07) is 13.8. The number of fused-ring (bicyclic) bond motifs is 1. The predicted octanol–water partition coefficient (Wildman–Crippen LogP) is 5.19. The topological polar surface area (TPSA) is 63.9 Å². The summed E-state index contributed by atoms with van der Waals surface area (Å²) in [5, 5.41) is 5.13. The van der Waals surface area contributed by atoms with E-state index in [1.807, 2.05) is 38.1 Å². The molecule has 0 bridgehead atoms. The number of aromatic nitrogens is 4. The average Bonchev–Trinajstić information content (AvgIpc) is 3.35.